The number of rotatable bonds is 7. The highest BCUT2D eigenvalue weighted by Gasteiger charge is 2.54. The molecule has 0 aromatic heterocycles. The fraction of sp³-hybridized carbons (Fsp3) is 0.107. The molecule has 4 aromatic carbocycles. The second-order valence-electron chi connectivity index (χ2n) is 7.50. The Morgan fingerprint density at radius 3 is 1.38 bits per heavy atom. The summed E-state index contributed by atoms with van der Waals surface area (Å²) < 4.78 is 5.85. The number of ether oxygens (including phenoxy) is 1. The van der Waals surface area contributed by atoms with Crippen LogP contribution in [0.4, 0.5) is 0 Å². The van der Waals surface area contributed by atoms with Crippen LogP contribution in [0.5, 0.6) is 0 Å². The molecule has 0 aliphatic rings. The zero-order valence-corrected chi connectivity index (χ0v) is 20.5. The summed E-state index contributed by atoms with van der Waals surface area (Å²) in [5.41, 5.74) is 0.662. The van der Waals surface area contributed by atoms with Crippen LogP contribution < -0.4 is 32.9 Å². The van der Waals surface area contributed by atoms with E-state index < -0.39 is 7.26 Å². The molecule has 1 unspecified atom stereocenters. The monoisotopic (exact) mass is 504 g/mol. The average molecular weight is 505 g/mol. The SMILES string of the molecule is CC(C(=O)OCc1ccccc1)[P+](c1ccccc1)(c1ccccc1)c1ccccc1.[Br-]. The lowest BCUT2D eigenvalue weighted by atomic mass is 10.2. The minimum atomic E-state index is -2.30. The number of halogens is 1. The highest BCUT2D eigenvalue weighted by Crippen LogP contribution is 2.59. The van der Waals surface area contributed by atoms with Gasteiger partial charge in [-0.1, -0.05) is 84.9 Å². The Bertz CT molecular complexity index is 1010. The van der Waals surface area contributed by atoms with Crippen molar-refractivity contribution in [3.63, 3.8) is 0 Å². The summed E-state index contributed by atoms with van der Waals surface area (Å²) in [6, 6.07) is 41.1. The number of carbonyl (C=O) groups excluding carboxylic acids is 1. The van der Waals surface area contributed by atoms with Crippen molar-refractivity contribution in [2.75, 3.05) is 0 Å². The van der Waals surface area contributed by atoms with Crippen LogP contribution in [0, 0.1) is 0 Å². The van der Waals surface area contributed by atoms with Gasteiger partial charge in [0.15, 0.2) is 5.66 Å². The fourth-order valence-electron chi connectivity index (χ4n) is 4.11. The lowest BCUT2D eigenvalue weighted by Crippen LogP contribution is -3.00. The highest BCUT2D eigenvalue weighted by molar-refractivity contribution is 7.96. The Morgan fingerprint density at radius 1 is 0.656 bits per heavy atom. The van der Waals surface area contributed by atoms with E-state index >= 15 is 0 Å². The van der Waals surface area contributed by atoms with Crippen LogP contribution in [0.25, 0.3) is 0 Å². The highest BCUT2D eigenvalue weighted by atomic mass is 79.9. The predicted molar refractivity (Wildman–Crippen MR) is 131 cm³/mol. The first-order chi connectivity index (χ1) is 15.2. The Kier molecular flexibility index (Phi) is 8.39. The van der Waals surface area contributed by atoms with E-state index in [9.17, 15) is 4.79 Å². The van der Waals surface area contributed by atoms with Gasteiger partial charge >= 0.3 is 5.97 Å². The molecule has 4 rings (SSSR count). The molecular weight excluding hydrogens is 479 g/mol. The molecular formula is C28H26BrO2P. The predicted octanol–water partition coefficient (Wildman–Crippen LogP) is 2.12. The van der Waals surface area contributed by atoms with E-state index in [0.717, 1.165) is 5.56 Å². The maximum absolute atomic E-state index is 13.5. The van der Waals surface area contributed by atoms with Crippen molar-refractivity contribution in [3.05, 3.63) is 127 Å². The summed E-state index contributed by atoms with van der Waals surface area (Å²) in [5, 5.41) is 3.53. The van der Waals surface area contributed by atoms with Gasteiger partial charge in [-0.15, -0.1) is 0 Å². The number of hydrogen-bond acceptors (Lipinski definition) is 2. The number of carbonyl (C=O) groups is 1. The van der Waals surface area contributed by atoms with Crippen molar-refractivity contribution in [1.29, 1.82) is 0 Å². The van der Waals surface area contributed by atoms with Crippen molar-refractivity contribution >= 4 is 29.1 Å². The van der Waals surface area contributed by atoms with E-state index in [1.165, 1.54) is 15.9 Å². The lowest BCUT2D eigenvalue weighted by molar-refractivity contribution is -0.144. The first-order valence-corrected chi connectivity index (χ1v) is 12.3. The minimum absolute atomic E-state index is 0. The minimum Gasteiger partial charge on any atom is -1.00 e. The van der Waals surface area contributed by atoms with Gasteiger partial charge in [0.2, 0.25) is 0 Å². The molecule has 162 valence electrons. The van der Waals surface area contributed by atoms with E-state index in [-0.39, 0.29) is 35.2 Å². The molecule has 0 N–H and O–H groups in total. The summed E-state index contributed by atoms with van der Waals surface area (Å²) in [6.45, 7) is 2.30. The standard InChI is InChI=1S/C28H26O2P.BrH/c1-23(28(29)30-22-24-14-6-2-7-15-24)31(25-16-8-3-9-17-25,26-18-10-4-11-19-26)27-20-12-5-13-21-27;/h2-21,23H,22H2,1H3;1H/q+1;/p-1. The molecule has 2 nitrogen and oxygen atoms in total. The van der Waals surface area contributed by atoms with E-state index in [4.69, 9.17) is 4.74 Å². The van der Waals surface area contributed by atoms with Gasteiger partial charge in [0.25, 0.3) is 0 Å². The van der Waals surface area contributed by atoms with Crippen LogP contribution in [0.2, 0.25) is 0 Å². The third-order valence-corrected chi connectivity index (χ3v) is 10.3. The van der Waals surface area contributed by atoms with Crippen molar-refractivity contribution in [2.24, 2.45) is 0 Å². The Morgan fingerprint density at radius 2 is 1.00 bits per heavy atom. The van der Waals surface area contributed by atoms with Crippen LogP contribution in [-0.2, 0) is 16.1 Å². The van der Waals surface area contributed by atoms with E-state index in [2.05, 4.69) is 72.8 Å². The normalized spacial score (nSPS) is 11.8. The van der Waals surface area contributed by atoms with Crippen LogP contribution in [0.1, 0.15) is 12.5 Å². The van der Waals surface area contributed by atoms with E-state index in [1.807, 2.05) is 55.5 Å². The van der Waals surface area contributed by atoms with Crippen molar-refractivity contribution in [1.82, 2.24) is 0 Å². The fourth-order valence-corrected chi connectivity index (χ4v) is 8.67. The van der Waals surface area contributed by atoms with Gasteiger partial charge in [0, 0.05) is 0 Å². The molecule has 0 spiro atoms. The second-order valence-corrected chi connectivity index (χ2v) is 11.3. The molecule has 0 aliphatic heterocycles. The van der Waals surface area contributed by atoms with E-state index in [0.29, 0.717) is 0 Å². The van der Waals surface area contributed by atoms with Gasteiger partial charge in [-0.05, 0) is 48.9 Å². The quantitative estimate of drug-likeness (QED) is 0.284. The molecule has 0 heterocycles. The summed E-state index contributed by atoms with van der Waals surface area (Å²) in [6.07, 6.45) is 0. The third kappa shape index (κ3) is 4.85. The third-order valence-electron chi connectivity index (χ3n) is 5.64. The van der Waals surface area contributed by atoms with Gasteiger partial charge in [-0.2, -0.15) is 0 Å². The van der Waals surface area contributed by atoms with Gasteiger partial charge in [-0.3, -0.25) is 0 Å². The molecule has 4 heteroatoms. The van der Waals surface area contributed by atoms with E-state index in [1.54, 1.807) is 0 Å². The van der Waals surface area contributed by atoms with Gasteiger partial charge in [0.05, 0.1) is 0 Å². The molecule has 0 aliphatic carbocycles. The summed E-state index contributed by atoms with van der Waals surface area (Å²) in [5.74, 6) is -0.172. The first kappa shape index (κ1) is 23.9. The summed E-state index contributed by atoms with van der Waals surface area (Å²) >= 11 is 0. The van der Waals surface area contributed by atoms with Gasteiger partial charge in [0.1, 0.15) is 29.8 Å². The smallest absolute Gasteiger partial charge is 0.348 e. The van der Waals surface area contributed by atoms with Crippen molar-refractivity contribution in [2.45, 2.75) is 19.2 Å². The maximum atomic E-state index is 13.5. The molecule has 0 fully saturated rings. The number of benzene rings is 4. The lowest BCUT2D eigenvalue weighted by Gasteiger charge is -2.31. The maximum Gasteiger partial charge on any atom is 0.348 e. The van der Waals surface area contributed by atoms with Crippen molar-refractivity contribution in [3.8, 4) is 0 Å². The zero-order chi connectivity index (χ0) is 21.5. The molecule has 0 saturated heterocycles. The van der Waals surface area contributed by atoms with Gasteiger partial charge < -0.3 is 21.7 Å². The van der Waals surface area contributed by atoms with Crippen LogP contribution in [0.3, 0.4) is 0 Å². The second kappa shape index (κ2) is 11.2. The molecule has 4 aromatic rings. The number of hydrogen-bond donors (Lipinski definition) is 0. The Balaban J connectivity index is 0.00000289. The zero-order valence-electron chi connectivity index (χ0n) is 18.0. The summed E-state index contributed by atoms with van der Waals surface area (Å²) in [7, 11) is -2.30. The first-order valence-electron chi connectivity index (χ1n) is 10.5. The topological polar surface area (TPSA) is 26.3 Å². The molecule has 0 bridgehead atoms. The van der Waals surface area contributed by atoms with Crippen LogP contribution >= 0.6 is 7.26 Å². The molecule has 0 amide bonds. The molecule has 32 heavy (non-hydrogen) atoms. The van der Waals surface area contributed by atoms with Crippen molar-refractivity contribution < 1.29 is 26.5 Å². The Hall–Kier alpha value is -2.74. The van der Waals surface area contributed by atoms with Crippen LogP contribution in [-0.4, -0.2) is 11.6 Å². The largest absolute Gasteiger partial charge is 1.00 e. The number of esters is 1. The van der Waals surface area contributed by atoms with Crippen LogP contribution in [0.15, 0.2) is 121 Å². The molecule has 0 saturated carbocycles. The average Bonchev–Trinajstić information content (AvgIpc) is 2.85. The van der Waals surface area contributed by atoms with Gasteiger partial charge in [-0.25, -0.2) is 4.79 Å². The molecule has 0 radical (unpaired) electrons. The Labute approximate surface area is 201 Å². The summed E-state index contributed by atoms with van der Waals surface area (Å²) in [4.78, 5) is 13.5. The molecule has 1 atom stereocenters.